The Bertz CT molecular complexity index is 357. The van der Waals surface area contributed by atoms with E-state index in [1.807, 2.05) is 13.1 Å². The molecule has 0 saturated carbocycles. The largest absolute Gasteiger partial charge is 0.573 e. The van der Waals surface area contributed by atoms with Crippen molar-refractivity contribution in [2.45, 2.75) is 26.1 Å². The molecular formula is C12H14F3NO. The third-order valence-corrected chi connectivity index (χ3v) is 2.00. The van der Waals surface area contributed by atoms with Crippen molar-refractivity contribution in [1.82, 2.24) is 0 Å². The molecule has 0 saturated heterocycles. The summed E-state index contributed by atoms with van der Waals surface area (Å²) >= 11 is 0. The number of aliphatic imine (C=N–C) groups is 1. The van der Waals surface area contributed by atoms with Crippen LogP contribution in [0.2, 0.25) is 0 Å². The quantitative estimate of drug-likeness (QED) is 0.726. The van der Waals surface area contributed by atoms with Gasteiger partial charge in [-0.2, -0.15) is 0 Å². The number of alkyl halides is 3. The minimum Gasteiger partial charge on any atom is -0.406 e. The summed E-state index contributed by atoms with van der Waals surface area (Å²) in [4.78, 5) is 4.13. The molecular weight excluding hydrogens is 231 g/mol. The van der Waals surface area contributed by atoms with Crippen LogP contribution in [0.1, 0.15) is 18.9 Å². The van der Waals surface area contributed by atoms with Gasteiger partial charge in [0.15, 0.2) is 0 Å². The van der Waals surface area contributed by atoms with Gasteiger partial charge < -0.3 is 4.74 Å². The van der Waals surface area contributed by atoms with Gasteiger partial charge in [0.2, 0.25) is 0 Å². The highest BCUT2D eigenvalue weighted by molar-refractivity contribution is 5.56. The summed E-state index contributed by atoms with van der Waals surface area (Å²) in [6, 6.07) is 5.85. The fourth-order valence-electron chi connectivity index (χ4n) is 1.27. The standard InChI is InChI=1S/C12H14F3NO/c1-2-8-16-9-7-10-3-5-11(6-4-10)17-12(13,14)15/h3-6,8H,2,7,9H2,1H3/b16-8-. The molecule has 0 heterocycles. The van der Waals surface area contributed by atoms with Crippen LogP contribution in [0.5, 0.6) is 5.75 Å². The highest BCUT2D eigenvalue weighted by Crippen LogP contribution is 2.22. The average molecular weight is 245 g/mol. The van der Waals surface area contributed by atoms with E-state index in [1.54, 1.807) is 12.1 Å². The Kier molecular flexibility index (Phi) is 5.00. The molecule has 1 aromatic rings. The van der Waals surface area contributed by atoms with Crippen LogP contribution in [-0.4, -0.2) is 19.1 Å². The highest BCUT2D eigenvalue weighted by Gasteiger charge is 2.30. The normalized spacial score (nSPS) is 12.0. The maximum absolute atomic E-state index is 11.9. The summed E-state index contributed by atoms with van der Waals surface area (Å²) in [6.07, 6.45) is -1.21. The minimum atomic E-state index is -4.63. The minimum absolute atomic E-state index is 0.196. The predicted octanol–water partition coefficient (Wildman–Crippen LogP) is 3.61. The lowest BCUT2D eigenvalue weighted by atomic mass is 10.1. The Balaban J connectivity index is 2.47. The third-order valence-electron chi connectivity index (χ3n) is 2.00. The van der Waals surface area contributed by atoms with Crippen molar-refractivity contribution >= 4 is 6.21 Å². The zero-order valence-electron chi connectivity index (χ0n) is 9.50. The lowest BCUT2D eigenvalue weighted by molar-refractivity contribution is -0.274. The molecule has 0 aliphatic rings. The van der Waals surface area contributed by atoms with Gasteiger partial charge in [-0.25, -0.2) is 0 Å². The number of nitrogens with zero attached hydrogens (tertiary/aromatic N) is 1. The van der Waals surface area contributed by atoms with Gasteiger partial charge in [0.25, 0.3) is 0 Å². The van der Waals surface area contributed by atoms with E-state index in [9.17, 15) is 13.2 Å². The summed E-state index contributed by atoms with van der Waals surface area (Å²) in [7, 11) is 0. The maximum atomic E-state index is 11.9. The van der Waals surface area contributed by atoms with Crippen molar-refractivity contribution < 1.29 is 17.9 Å². The van der Waals surface area contributed by atoms with Crippen LogP contribution in [0.15, 0.2) is 29.3 Å². The lowest BCUT2D eigenvalue weighted by Gasteiger charge is -2.08. The van der Waals surface area contributed by atoms with E-state index in [0.717, 1.165) is 12.0 Å². The lowest BCUT2D eigenvalue weighted by Crippen LogP contribution is -2.17. The molecule has 94 valence electrons. The molecule has 17 heavy (non-hydrogen) atoms. The predicted molar refractivity (Wildman–Crippen MR) is 60.5 cm³/mol. The Morgan fingerprint density at radius 2 is 1.88 bits per heavy atom. The topological polar surface area (TPSA) is 21.6 Å². The van der Waals surface area contributed by atoms with Gasteiger partial charge in [-0.1, -0.05) is 19.1 Å². The van der Waals surface area contributed by atoms with Crippen molar-refractivity contribution in [2.75, 3.05) is 6.54 Å². The van der Waals surface area contributed by atoms with Gasteiger partial charge in [0.05, 0.1) is 0 Å². The molecule has 0 spiro atoms. The van der Waals surface area contributed by atoms with E-state index in [0.29, 0.717) is 13.0 Å². The number of hydrogen-bond donors (Lipinski definition) is 0. The van der Waals surface area contributed by atoms with E-state index in [1.165, 1.54) is 12.1 Å². The molecule has 0 aliphatic carbocycles. The van der Waals surface area contributed by atoms with Crippen LogP contribution >= 0.6 is 0 Å². The van der Waals surface area contributed by atoms with Crippen molar-refractivity contribution in [3.8, 4) is 5.75 Å². The number of ether oxygens (including phenoxy) is 1. The molecule has 0 fully saturated rings. The molecule has 5 heteroatoms. The highest BCUT2D eigenvalue weighted by atomic mass is 19.4. The second-order valence-electron chi connectivity index (χ2n) is 3.44. The Labute approximate surface area is 98.1 Å². The van der Waals surface area contributed by atoms with Crippen molar-refractivity contribution in [3.63, 3.8) is 0 Å². The first-order chi connectivity index (χ1) is 8.01. The van der Waals surface area contributed by atoms with Crippen LogP contribution < -0.4 is 4.74 Å². The molecule has 0 atom stereocenters. The second-order valence-corrected chi connectivity index (χ2v) is 3.44. The number of hydrogen-bond acceptors (Lipinski definition) is 2. The zero-order valence-corrected chi connectivity index (χ0v) is 9.50. The molecule has 0 amide bonds. The van der Waals surface area contributed by atoms with Crippen molar-refractivity contribution in [2.24, 2.45) is 4.99 Å². The molecule has 0 N–H and O–H groups in total. The number of rotatable bonds is 5. The first-order valence-corrected chi connectivity index (χ1v) is 5.34. The van der Waals surface area contributed by atoms with Crippen LogP contribution in [0, 0.1) is 0 Å². The van der Waals surface area contributed by atoms with Gasteiger partial charge in [-0.15, -0.1) is 13.2 Å². The summed E-state index contributed by atoms with van der Waals surface area (Å²) in [5.41, 5.74) is 0.938. The van der Waals surface area contributed by atoms with Gasteiger partial charge in [-0.3, -0.25) is 4.99 Å². The van der Waals surface area contributed by atoms with E-state index in [2.05, 4.69) is 9.73 Å². The van der Waals surface area contributed by atoms with Crippen LogP contribution in [0.25, 0.3) is 0 Å². The monoisotopic (exact) mass is 245 g/mol. The molecule has 0 aliphatic heterocycles. The fraction of sp³-hybridized carbons (Fsp3) is 0.417. The van der Waals surface area contributed by atoms with Gasteiger partial charge in [0, 0.05) is 6.54 Å². The second kappa shape index (κ2) is 6.27. The molecule has 2 nitrogen and oxygen atoms in total. The summed E-state index contributed by atoms with van der Waals surface area (Å²) < 4.78 is 39.4. The van der Waals surface area contributed by atoms with Crippen LogP contribution in [-0.2, 0) is 6.42 Å². The molecule has 1 aromatic carbocycles. The average Bonchev–Trinajstić information content (AvgIpc) is 2.25. The van der Waals surface area contributed by atoms with Crippen molar-refractivity contribution in [1.29, 1.82) is 0 Å². The summed E-state index contributed by atoms with van der Waals surface area (Å²) in [5.74, 6) is -0.196. The zero-order chi connectivity index (χ0) is 12.7. The first-order valence-electron chi connectivity index (χ1n) is 5.34. The SMILES string of the molecule is CC/C=N\CCc1ccc(OC(F)(F)F)cc1. The van der Waals surface area contributed by atoms with Crippen molar-refractivity contribution in [3.05, 3.63) is 29.8 Å². The van der Waals surface area contributed by atoms with E-state index >= 15 is 0 Å². The van der Waals surface area contributed by atoms with Gasteiger partial charge >= 0.3 is 6.36 Å². The van der Waals surface area contributed by atoms with Gasteiger partial charge in [-0.05, 0) is 36.8 Å². The van der Waals surface area contributed by atoms with Gasteiger partial charge in [0.1, 0.15) is 5.75 Å². The first kappa shape index (κ1) is 13.5. The molecule has 0 bridgehead atoms. The molecule has 0 aromatic heterocycles. The Morgan fingerprint density at radius 1 is 1.24 bits per heavy atom. The summed E-state index contributed by atoms with van der Waals surface area (Å²) in [5, 5.41) is 0. The fourth-order valence-corrected chi connectivity index (χ4v) is 1.27. The van der Waals surface area contributed by atoms with Crippen LogP contribution in [0.4, 0.5) is 13.2 Å². The third kappa shape index (κ3) is 5.94. The van der Waals surface area contributed by atoms with E-state index in [4.69, 9.17) is 0 Å². The smallest absolute Gasteiger partial charge is 0.406 e. The van der Waals surface area contributed by atoms with E-state index in [-0.39, 0.29) is 5.75 Å². The Morgan fingerprint density at radius 3 is 2.41 bits per heavy atom. The molecule has 1 rings (SSSR count). The number of benzene rings is 1. The Hall–Kier alpha value is -1.52. The van der Waals surface area contributed by atoms with E-state index < -0.39 is 6.36 Å². The molecule has 0 unspecified atom stereocenters. The number of halogens is 3. The summed E-state index contributed by atoms with van der Waals surface area (Å²) in [6.45, 7) is 2.64. The molecule has 0 radical (unpaired) electrons. The van der Waals surface area contributed by atoms with Crippen LogP contribution in [0.3, 0.4) is 0 Å². The maximum Gasteiger partial charge on any atom is 0.573 e.